The Balaban J connectivity index is 2.20. The lowest BCUT2D eigenvalue weighted by Gasteiger charge is -2.22. The van der Waals surface area contributed by atoms with Crippen molar-refractivity contribution in [1.29, 1.82) is 0 Å². The molecule has 12 heteroatoms. The van der Waals surface area contributed by atoms with E-state index >= 15 is 0 Å². The highest BCUT2D eigenvalue weighted by Gasteiger charge is 2.21. The van der Waals surface area contributed by atoms with Gasteiger partial charge in [0.25, 0.3) is 10.0 Å². The van der Waals surface area contributed by atoms with Gasteiger partial charge in [-0.1, -0.05) is 23.7 Å². The summed E-state index contributed by atoms with van der Waals surface area (Å²) in [6.45, 7) is 10.2. The molecule has 0 aliphatic heterocycles. The number of hydrogen-bond donors (Lipinski definition) is 3. The predicted octanol–water partition coefficient (Wildman–Crippen LogP) is 5.05. The third-order valence-electron chi connectivity index (χ3n) is 3.96. The molecule has 0 bridgehead atoms. The van der Waals surface area contributed by atoms with E-state index in [4.69, 9.17) is 21.1 Å². The second-order valence-corrected chi connectivity index (χ2v) is 11.8. The second-order valence-electron chi connectivity index (χ2n) is 9.68. The fraction of sp³-hybridized carbons (Fsp3) is 0.375. The van der Waals surface area contributed by atoms with Crippen LogP contribution in [0.15, 0.2) is 58.4 Å². The quantitative estimate of drug-likeness (QED) is 0.360. The minimum atomic E-state index is -3.84. The summed E-state index contributed by atoms with van der Waals surface area (Å²) in [4.78, 5) is 28.7. The van der Waals surface area contributed by atoms with Gasteiger partial charge in [-0.2, -0.15) is 0 Å². The van der Waals surface area contributed by atoms with Crippen molar-refractivity contribution in [3.8, 4) is 0 Å². The van der Waals surface area contributed by atoms with Crippen LogP contribution < -0.4 is 15.4 Å². The van der Waals surface area contributed by atoms with E-state index < -0.39 is 33.4 Å². The van der Waals surface area contributed by atoms with E-state index in [1.54, 1.807) is 65.8 Å². The molecule has 2 amide bonds. The predicted molar refractivity (Wildman–Crippen MR) is 139 cm³/mol. The summed E-state index contributed by atoms with van der Waals surface area (Å²) >= 11 is 5.83. The molecule has 0 aliphatic rings. The second kappa shape index (κ2) is 11.6. The Labute approximate surface area is 216 Å². The van der Waals surface area contributed by atoms with Crippen LogP contribution in [0.2, 0.25) is 5.02 Å². The highest BCUT2D eigenvalue weighted by molar-refractivity contribution is 7.92. The van der Waals surface area contributed by atoms with Crippen LogP contribution in [0, 0.1) is 0 Å². The van der Waals surface area contributed by atoms with E-state index in [-0.39, 0.29) is 17.4 Å². The fourth-order valence-corrected chi connectivity index (χ4v) is 3.82. The number of alkyl carbamates (subject to hydrolysis) is 2. The molecular formula is C24H31ClN4O6S. The number of halogens is 1. The Morgan fingerprint density at radius 3 is 1.92 bits per heavy atom. The molecule has 0 atom stereocenters. The first-order valence-electron chi connectivity index (χ1n) is 10.9. The van der Waals surface area contributed by atoms with Crippen molar-refractivity contribution in [3.63, 3.8) is 0 Å². The van der Waals surface area contributed by atoms with Crippen LogP contribution in [0.5, 0.6) is 0 Å². The Hall–Kier alpha value is -3.31. The standard InChI is InChI=1S/C24H31ClN4O6S/c1-23(2,3)34-21(30)27-20(28-22(31)35-24(4,5)6)26-15-16-8-7-9-18(14-16)29-36(32,33)19-12-10-17(25)11-13-19/h7-14,29H,15H2,1-6H3,(H2,26,27,28,30,31). The van der Waals surface area contributed by atoms with Crippen LogP contribution in [0.25, 0.3) is 0 Å². The normalized spacial score (nSPS) is 11.8. The van der Waals surface area contributed by atoms with Gasteiger partial charge in [0.1, 0.15) is 11.2 Å². The van der Waals surface area contributed by atoms with E-state index in [1.165, 1.54) is 24.3 Å². The van der Waals surface area contributed by atoms with Crippen LogP contribution in [0.4, 0.5) is 15.3 Å². The monoisotopic (exact) mass is 538 g/mol. The van der Waals surface area contributed by atoms with Crippen molar-refractivity contribution in [2.75, 3.05) is 4.72 Å². The van der Waals surface area contributed by atoms with Crippen LogP contribution in [0.3, 0.4) is 0 Å². The molecule has 196 valence electrons. The van der Waals surface area contributed by atoms with Crippen molar-refractivity contribution in [1.82, 2.24) is 10.6 Å². The summed E-state index contributed by atoms with van der Waals surface area (Å²) in [5.74, 6) is -0.189. The molecule has 2 rings (SSSR count). The number of hydrogen-bond acceptors (Lipinski definition) is 7. The van der Waals surface area contributed by atoms with Gasteiger partial charge in [-0.3, -0.25) is 15.4 Å². The summed E-state index contributed by atoms with van der Waals surface area (Å²) in [6, 6.07) is 12.3. The molecule has 2 aromatic rings. The van der Waals surface area contributed by atoms with E-state index in [0.29, 0.717) is 16.3 Å². The van der Waals surface area contributed by atoms with E-state index in [1.807, 2.05) is 0 Å². The maximum Gasteiger partial charge on any atom is 0.414 e. The zero-order chi connectivity index (χ0) is 27.1. The first-order valence-corrected chi connectivity index (χ1v) is 12.8. The molecule has 0 spiro atoms. The number of rotatable bonds is 5. The van der Waals surface area contributed by atoms with Crippen LogP contribution in [-0.4, -0.2) is 37.8 Å². The number of carbonyl (C=O) groups excluding carboxylic acids is 2. The zero-order valence-electron chi connectivity index (χ0n) is 21.0. The van der Waals surface area contributed by atoms with E-state index in [9.17, 15) is 18.0 Å². The van der Waals surface area contributed by atoms with Gasteiger partial charge in [-0.15, -0.1) is 0 Å². The molecule has 0 saturated carbocycles. The summed E-state index contributed by atoms with van der Waals surface area (Å²) < 4.78 is 38.2. The van der Waals surface area contributed by atoms with Crippen LogP contribution in [-0.2, 0) is 26.0 Å². The fourth-order valence-electron chi connectivity index (χ4n) is 2.64. The zero-order valence-corrected chi connectivity index (χ0v) is 22.6. The number of aliphatic imine (C=N–C) groups is 1. The van der Waals surface area contributed by atoms with Crippen molar-refractivity contribution in [3.05, 3.63) is 59.1 Å². The van der Waals surface area contributed by atoms with Gasteiger partial charge in [0, 0.05) is 10.7 Å². The van der Waals surface area contributed by atoms with Crippen molar-refractivity contribution in [2.45, 2.75) is 64.2 Å². The lowest BCUT2D eigenvalue weighted by Crippen LogP contribution is -2.47. The number of amides is 2. The summed E-state index contributed by atoms with van der Waals surface area (Å²) in [6.07, 6.45) is -1.64. The van der Waals surface area contributed by atoms with Gasteiger partial charge in [0.2, 0.25) is 5.96 Å². The molecule has 0 saturated heterocycles. The number of guanidine groups is 1. The lowest BCUT2D eigenvalue weighted by molar-refractivity contribution is 0.0545. The summed E-state index contributed by atoms with van der Waals surface area (Å²) in [7, 11) is -3.84. The van der Waals surface area contributed by atoms with Crippen LogP contribution >= 0.6 is 11.6 Å². The van der Waals surface area contributed by atoms with Gasteiger partial charge in [-0.25, -0.2) is 23.0 Å². The van der Waals surface area contributed by atoms with Crippen LogP contribution in [0.1, 0.15) is 47.1 Å². The number of benzene rings is 2. The molecule has 0 aliphatic carbocycles. The molecule has 36 heavy (non-hydrogen) atoms. The van der Waals surface area contributed by atoms with Gasteiger partial charge in [-0.05, 0) is 83.5 Å². The average molecular weight is 539 g/mol. The Kier molecular flexibility index (Phi) is 9.33. The maximum absolute atomic E-state index is 12.7. The minimum Gasteiger partial charge on any atom is -0.444 e. The minimum absolute atomic E-state index is 0.00254. The van der Waals surface area contributed by atoms with Crippen molar-refractivity contribution in [2.24, 2.45) is 4.99 Å². The number of anilines is 1. The SMILES string of the molecule is CC(C)(C)OC(=O)NC(=NCc1cccc(NS(=O)(=O)c2ccc(Cl)cc2)c1)NC(=O)OC(C)(C)C. The van der Waals surface area contributed by atoms with Crippen molar-refractivity contribution < 1.29 is 27.5 Å². The first-order chi connectivity index (χ1) is 16.5. The number of ether oxygens (including phenoxy) is 2. The molecule has 0 heterocycles. The first kappa shape index (κ1) is 28.9. The molecule has 0 unspecified atom stereocenters. The topological polar surface area (TPSA) is 135 Å². The van der Waals surface area contributed by atoms with Gasteiger partial charge in [0.15, 0.2) is 0 Å². The lowest BCUT2D eigenvalue weighted by atomic mass is 10.2. The van der Waals surface area contributed by atoms with Gasteiger partial charge < -0.3 is 9.47 Å². The number of nitrogens with zero attached hydrogens (tertiary/aromatic N) is 1. The molecule has 10 nitrogen and oxygen atoms in total. The largest absolute Gasteiger partial charge is 0.444 e. The maximum atomic E-state index is 12.7. The summed E-state index contributed by atoms with van der Waals surface area (Å²) in [5, 5.41) is 5.21. The third-order valence-corrected chi connectivity index (χ3v) is 5.61. The third kappa shape index (κ3) is 10.5. The molecule has 0 radical (unpaired) electrons. The van der Waals surface area contributed by atoms with Gasteiger partial charge in [0.05, 0.1) is 11.4 Å². The Morgan fingerprint density at radius 2 is 1.42 bits per heavy atom. The Bertz CT molecular complexity index is 1180. The molecule has 0 aromatic heterocycles. The van der Waals surface area contributed by atoms with E-state index in [0.717, 1.165) is 0 Å². The van der Waals surface area contributed by atoms with Gasteiger partial charge >= 0.3 is 12.2 Å². The Morgan fingerprint density at radius 1 is 0.889 bits per heavy atom. The molecule has 3 N–H and O–H groups in total. The van der Waals surface area contributed by atoms with Crippen molar-refractivity contribution >= 4 is 45.5 Å². The van der Waals surface area contributed by atoms with E-state index in [2.05, 4.69) is 20.3 Å². The number of sulfonamides is 1. The number of nitrogens with one attached hydrogen (secondary N) is 3. The highest BCUT2D eigenvalue weighted by atomic mass is 35.5. The summed E-state index contributed by atoms with van der Waals surface area (Å²) in [5.41, 5.74) is -0.631. The molecule has 2 aromatic carbocycles. The molecular weight excluding hydrogens is 508 g/mol. The highest BCUT2D eigenvalue weighted by Crippen LogP contribution is 2.19. The average Bonchev–Trinajstić information content (AvgIpc) is 2.69. The number of carbonyl (C=O) groups is 2. The molecule has 0 fully saturated rings. The smallest absolute Gasteiger partial charge is 0.414 e.